The van der Waals surface area contributed by atoms with E-state index in [1.807, 2.05) is 0 Å². The minimum atomic E-state index is -0.421. The molecule has 0 aromatic rings. The van der Waals surface area contributed by atoms with Gasteiger partial charge in [-0.2, -0.15) is 0 Å². The first kappa shape index (κ1) is 8.62. The summed E-state index contributed by atoms with van der Waals surface area (Å²) in [6.45, 7) is 5.28. The van der Waals surface area contributed by atoms with Gasteiger partial charge in [0.05, 0.1) is 0 Å². The van der Waals surface area contributed by atoms with Crippen LogP contribution < -0.4 is 0 Å². The minimum Gasteiger partial charge on any atom is -0.396 e. The van der Waals surface area contributed by atoms with Crippen LogP contribution in [0.1, 0.15) is 13.3 Å². The van der Waals surface area contributed by atoms with Crippen LogP contribution in [0.2, 0.25) is 0 Å². The number of aliphatic hydroxyl groups excluding tert-OH is 1. The molecule has 0 bridgehead atoms. The summed E-state index contributed by atoms with van der Waals surface area (Å²) in [5, 5.41) is 16.5. The van der Waals surface area contributed by atoms with Gasteiger partial charge in [0.1, 0.15) is 6.10 Å². The van der Waals surface area contributed by atoms with Crippen molar-refractivity contribution in [1.29, 1.82) is 0 Å². The Morgan fingerprint density at radius 2 is 2.33 bits per heavy atom. The van der Waals surface area contributed by atoms with Crippen molar-refractivity contribution < 1.29 is 15.3 Å². The maximum Gasteiger partial charge on any atom is 0.115 e. The summed E-state index contributed by atoms with van der Waals surface area (Å²) in [4.78, 5) is 3.99. The summed E-state index contributed by atoms with van der Waals surface area (Å²) >= 11 is 0. The van der Waals surface area contributed by atoms with E-state index in [4.69, 9.17) is 10.4 Å². The molecule has 54 valence electrons. The third-order valence-electron chi connectivity index (χ3n) is 1.07. The van der Waals surface area contributed by atoms with Crippen LogP contribution >= 0.6 is 0 Å². The Morgan fingerprint density at radius 1 is 1.78 bits per heavy atom. The van der Waals surface area contributed by atoms with E-state index in [1.54, 1.807) is 6.92 Å². The summed E-state index contributed by atoms with van der Waals surface area (Å²) in [5.41, 5.74) is 0.714. The average molecular weight is 132 g/mol. The van der Waals surface area contributed by atoms with Gasteiger partial charge in [-0.1, -0.05) is 6.58 Å². The number of hydrogen-bond donors (Lipinski definition) is 2. The van der Waals surface area contributed by atoms with E-state index < -0.39 is 6.10 Å². The molecule has 3 nitrogen and oxygen atoms in total. The molecule has 0 spiro atoms. The number of hydrogen-bond acceptors (Lipinski definition) is 3. The standard InChI is InChI=1S/C6H12O3/c1-5(2)6(9-8)3-4-7/h6-8H,1,3-4H2,2H3. The summed E-state index contributed by atoms with van der Waals surface area (Å²) in [6, 6.07) is 0. The fourth-order valence-electron chi connectivity index (χ4n) is 0.506. The molecule has 0 fully saturated rings. The van der Waals surface area contributed by atoms with Crippen LogP contribution in [-0.4, -0.2) is 23.1 Å². The van der Waals surface area contributed by atoms with E-state index in [9.17, 15) is 0 Å². The van der Waals surface area contributed by atoms with Crippen molar-refractivity contribution >= 4 is 0 Å². The highest BCUT2D eigenvalue weighted by atomic mass is 17.1. The molecule has 0 radical (unpaired) electrons. The zero-order chi connectivity index (χ0) is 7.28. The van der Waals surface area contributed by atoms with E-state index in [2.05, 4.69) is 11.5 Å². The van der Waals surface area contributed by atoms with Gasteiger partial charge in [-0.05, 0) is 12.5 Å². The summed E-state index contributed by atoms with van der Waals surface area (Å²) in [6.07, 6.45) is -0.0266. The van der Waals surface area contributed by atoms with E-state index in [0.717, 1.165) is 0 Å². The van der Waals surface area contributed by atoms with Crippen LogP contribution in [0, 0.1) is 0 Å². The largest absolute Gasteiger partial charge is 0.396 e. The normalized spacial score (nSPS) is 13.2. The van der Waals surface area contributed by atoms with Crippen LogP contribution in [0.25, 0.3) is 0 Å². The molecule has 0 rings (SSSR count). The van der Waals surface area contributed by atoms with Crippen LogP contribution in [-0.2, 0) is 4.89 Å². The Hall–Kier alpha value is -0.380. The van der Waals surface area contributed by atoms with Gasteiger partial charge < -0.3 is 5.11 Å². The number of rotatable bonds is 4. The van der Waals surface area contributed by atoms with Crippen LogP contribution in [0.4, 0.5) is 0 Å². The topological polar surface area (TPSA) is 49.7 Å². The van der Waals surface area contributed by atoms with Gasteiger partial charge in [-0.25, -0.2) is 4.89 Å². The maximum absolute atomic E-state index is 8.38. The molecule has 2 N–H and O–H groups in total. The lowest BCUT2D eigenvalue weighted by molar-refractivity contribution is -0.270. The van der Waals surface area contributed by atoms with Gasteiger partial charge in [0, 0.05) is 13.0 Å². The van der Waals surface area contributed by atoms with Gasteiger partial charge in [0.2, 0.25) is 0 Å². The Kier molecular flexibility index (Phi) is 4.30. The van der Waals surface area contributed by atoms with E-state index in [1.165, 1.54) is 0 Å². The van der Waals surface area contributed by atoms with Crippen LogP contribution in [0.5, 0.6) is 0 Å². The Bertz CT molecular complexity index is 90.3. The molecule has 0 amide bonds. The SMILES string of the molecule is C=C(C)C(CCO)OO. The highest BCUT2D eigenvalue weighted by Gasteiger charge is 2.07. The smallest absolute Gasteiger partial charge is 0.115 e. The van der Waals surface area contributed by atoms with Crippen molar-refractivity contribution in [2.45, 2.75) is 19.4 Å². The van der Waals surface area contributed by atoms with Gasteiger partial charge in [0.25, 0.3) is 0 Å². The molecule has 0 aliphatic heterocycles. The third kappa shape index (κ3) is 3.24. The van der Waals surface area contributed by atoms with Crippen molar-refractivity contribution in [2.75, 3.05) is 6.61 Å². The molecular weight excluding hydrogens is 120 g/mol. The molecule has 1 atom stereocenters. The molecule has 0 aliphatic carbocycles. The highest BCUT2D eigenvalue weighted by molar-refractivity contribution is 4.96. The predicted molar refractivity (Wildman–Crippen MR) is 34.0 cm³/mol. The zero-order valence-electron chi connectivity index (χ0n) is 5.50. The Morgan fingerprint density at radius 3 is 2.44 bits per heavy atom. The fraction of sp³-hybridized carbons (Fsp3) is 0.667. The Labute approximate surface area is 54.5 Å². The molecule has 0 heterocycles. The quantitative estimate of drug-likeness (QED) is 0.338. The maximum atomic E-state index is 8.38. The molecular formula is C6H12O3. The summed E-state index contributed by atoms with van der Waals surface area (Å²) < 4.78 is 0. The molecule has 1 unspecified atom stereocenters. The van der Waals surface area contributed by atoms with E-state index in [-0.39, 0.29) is 6.61 Å². The molecule has 0 aromatic carbocycles. The molecule has 9 heavy (non-hydrogen) atoms. The van der Waals surface area contributed by atoms with Gasteiger partial charge >= 0.3 is 0 Å². The predicted octanol–water partition coefficient (Wildman–Crippen LogP) is 0.803. The zero-order valence-corrected chi connectivity index (χ0v) is 5.50. The minimum absolute atomic E-state index is 0.00190. The molecule has 0 saturated heterocycles. The fourth-order valence-corrected chi connectivity index (χ4v) is 0.506. The first-order valence-electron chi connectivity index (χ1n) is 2.78. The first-order chi connectivity index (χ1) is 4.22. The molecule has 0 saturated carbocycles. The van der Waals surface area contributed by atoms with Crippen LogP contribution in [0.3, 0.4) is 0 Å². The second kappa shape index (κ2) is 4.49. The van der Waals surface area contributed by atoms with Gasteiger partial charge in [-0.15, -0.1) is 0 Å². The van der Waals surface area contributed by atoms with Crippen molar-refractivity contribution in [1.82, 2.24) is 0 Å². The van der Waals surface area contributed by atoms with E-state index >= 15 is 0 Å². The summed E-state index contributed by atoms with van der Waals surface area (Å²) in [7, 11) is 0. The molecule has 0 aromatic heterocycles. The summed E-state index contributed by atoms with van der Waals surface area (Å²) in [5.74, 6) is 0. The number of aliphatic hydroxyl groups is 1. The second-order valence-electron chi connectivity index (χ2n) is 1.95. The van der Waals surface area contributed by atoms with Gasteiger partial charge in [-0.3, -0.25) is 5.26 Å². The van der Waals surface area contributed by atoms with Crippen molar-refractivity contribution in [3.63, 3.8) is 0 Å². The average Bonchev–Trinajstić information content (AvgIpc) is 1.82. The van der Waals surface area contributed by atoms with Crippen molar-refractivity contribution in [3.8, 4) is 0 Å². The van der Waals surface area contributed by atoms with Crippen molar-refractivity contribution in [3.05, 3.63) is 12.2 Å². The van der Waals surface area contributed by atoms with Crippen molar-refractivity contribution in [2.24, 2.45) is 0 Å². The monoisotopic (exact) mass is 132 g/mol. The lowest BCUT2D eigenvalue weighted by atomic mass is 10.1. The second-order valence-corrected chi connectivity index (χ2v) is 1.95. The highest BCUT2D eigenvalue weighted by Crippen LogP contribution is 2.05. The van der Waals surface area contributed by atoms with Gasteiger partial charge in [0.15, 0.2) is 0 Å². The lowest BCUT2D eigenvalue weighted by Gasteiger charge is -2.09. The molecule has 0 aliphatic rings. The third-order valence-corrected chi connectivity index (χ3v) is 1.07. The van der Waals surface area contributed by atoms with Crippen LogP contribution in [0.15, 0.2) is 12.2 Å². The first-order valence-corrected chi connectivity index (χ1v) is 2.78. The Balaban J connectivity index is 3.54. The lowest BCUT2D eigenvalue weighted by Crippen LogP contribution is -2.13. The van der Waals surface area contributed by atoms with E-state index in [0.29, 0.717) is 12.0 Å². The molecule has 3 heteroatoms.